The molecule has 2 rings (SSSR count). The molecule has 154 valence electrons. The molecule has 1 saturated heterocycles. The Hall–Kier alpha value is -2.89. The van der Waals surface area contributed by atoms with Gasteiger partial charge in [-0.1, -0.05) is 11.8 Å². The predicted octanol–water partition coefficient (Wildman–Crippen LogP) is -1.08. The summed E-state index contributed by atoms with van der Waals surface area (Å²) >= 11 is 0. The fourth-order valence-electron chi connectivity index (χ4n) is 2.45. The van der Waals surface area contributed by atoms with E-state index in [9.17, 15) is 23.1 Å². The maximum Gasteiger partial charge on any atom is 0.268 e. The van der Waals surface area contributed by atoms with Crippen molar-refractivity contribution < 1.29 is 28.3 Å². The number of rotatable bonds is 5. The van der Waals surface area contributed by atoms with Crippen LogP contribution in [0.4, 0.5) is 0 Å². The number of benzene rings is 1. The summed E-state index contributed by atoms with van der Waals surface area (Å²) in [5.41, 5.74) is 2.25. The third kappa shape index (κ3) is 6.31. The average Bonchev–Trinajstić information content (AvgIpc) is 2.62. The van der Waals surface area contributed by atoms with Crippen LogP contribution < -0.4 is 10.8 Å². The summed E-state index contributed by atoms with van der Waals surface area (Å²) in [5.74, 6) is 9.53. The summed E-state index contributed by atoms with van der Waals surface area (Å²) in [7, 11) is -3.15. The molecule has 0 aromatic heterocycles. The van der Waals surface area contributed by atoms with Gasteiger partial charge in [-0.3, -0.25) is 14.8 Å². The number of sulfonamides is 1. The van der Waals surface area contributed by atoms with Gasteiger partial charge < -0.3 is 10.4 Å². The minimum absolute atomic E-state index is 0.0249. The van der Waals surface area contributed by atoms with E-state index >= 15 is 0 Å². The molecule has 0 bridgehead atoms. The third-order valence-corrected chi connectivity index (χ3v) is 5.41. The van der Waals surface area contributed by atoms with E-state index in [-0.39, 0.29) is 11.5 Å². The van der Waals surface area contributed by atoms with Crippen molar-refractivity contribution in [2.45, 2.75) is 19.1 Å². The number of hydrogen-bond donors (Lipinski definition) is 4. The molecule has 2 atom stereocenters. The second-order valence-corrected chi connectivity index (χ2v) is 8.52. The molecule has 1 aliphatic rings. The largest absolute Gasteiger partial charge is 0.391 e. The van der Waals surface area contributed by atoms with E-state index < -0.39 is 34.0 Å². The van der Waals surface area contributed by atoms with Crippen LogP contribution in [-0.4, -0.2) is 66.3 Å². The lowest BCUT2D eigenvalue weighted by atomic mass is 10.0. The molecule has 29 heavy (non-hydrogen) atoms. The first kappa shape index (κ1) is 22.4. The summed E-state index contributed by atoms with van der Waals surface area (Å²) in [5, 5.41) is 20.5. The zero-order valence-corrected chi connectivity index (χ0v) is 16.7. The highest BCUT2D eigenvalue weighted by Crippen LogP contribution is 2.17. The highest BCUT2D eigenvalue weighted by Gasteiger charge is 2.31. The summed E-state index contributed by atoms with van der Waals surface area (Å²) in [6, 6.07) is 4.90. The first-order chi connectivity index (χ1) is 13.6. The van der Waals surface area contributed by atoms with Crippen LogP contribution in [0.3, 0.4) is 0 Å². The normalized spacial score (nSPS) is 16.1. The van der Waals surface area contributed by atoms with Gasteiger partial charge in [0, 0.05) is 30.1 Å². The van der Waals surface area contributed by atoms with Crippen LogP contribution in [0.25, 0.3) is 0 Å². The van der Waals surface area contributed by atoms with Gasteiger partial charge >= 0.3 is 0 Å². The first-order valence-corrected chi connectivity index (χ1v) is 10.5. The Morgan fingerprint density at radius 2 is 1.83 bits per heavy atom. The van der Waals surface area contributed by atoms with Gasteiger partial charge in [-0.05, 0) is 43.0 Å². The number of aliphatic hydroxyl groups is 1. The quantitative estimate of drug-likeness (QED) is 0.272. The highest BCUT2D eigenvalue weighted by molar-refractivity contribution is 7.88. The predicted molar refractivity (Wildman–Crippen MR) is 104 cm³/mol. The Morgan fingerprint density at radius 3 is 2.34 bits per heavy atom. The molecule has 10 heteroatoms. The Balaban J connectivity index is 1.93. The summed E-state index contributed by atoms with van der Waals surface area (Å²) in [6.07, 6.45) is -0.0400. The Morgan fingerprint density at radius 1 is 1.21 bits per heavy atom. The molecular weight excluding hydrogens is 398 g/mol. The van der Waals surface area contributed by atoms with E-state index in [1.54, 1.807) is 12.1 Å². The minimum atomic E-state index is -3.15. The van der Waals surface area contributed by atoms with E-state index in [2.05, 4.69) is 29.0 Å². The molecule has 1 aromatic carbocycles. The topological polar surface area (TPSA) is 136 Å². The average molecular weight is 419 g/mol. The van der Waals surface area contributed by atoms with Crippen molar-refractivity contribution in [1.29, 1.82) is 0 Å². The maximum absolute atomic E-state index is 12.2. The number of nitrogens with zero attached hydrogens (tertiary/aromatic N) is 1. The lowest BCUT2D eigenvalue weighted by Gasteiger charge is -2.33. The zero-order valence-electron chi connectivity index (χ0n) is 15.8. The lowest BCUT2D eigenvalue weighted by molar-refractivity contribution is -0.133. The molecular formula is C19H21N3O6S. The molecule has 1 aliphatic heterocycles. The standard InChI is InChI=1S/C19H21N3O6S/c1-13(23)17(19(25)21-26)20-18(24)16-9-7-14(8-10-16)5-3-4-6-15-11-22(12-15)29(2,27)28/h7-10,13,15,17,23,26H,11-12H2,1-2H3,(H,20,24)(H,21,25)/t13-,17+/m1/s1. The van der Waals surface area contributed by atoms with Gasteiger partial charge in [0.15, 0.2) is 0 Å². The Bertz CT molecular complexity index is 990. The van der Waals surface area contributed by atoms with Crippen LogP contribution in [0.1, 0.15) is 22.8 Å². The summed E-state index contributed by atoms with van der Waals surface area (Å²) in [6.45, 7) is 2.06. The zero-order chi connectivity index (χ0) is 21.6. The second-order valence-electron chi connectivity index (χ2n) is 6.54. The van der Waals surface area contributed by atoms with Crippen LogP contribution >= 0.6 is 0 Å². The van der Waals surface area contributed by atoms with Crippen molar-refractivity contribution in [3.05, 3.63) is 35.4 Å². The fourth-order valence-corrected chi connectivity index (χ4v) is 3.35. The number of carbonyl (C=O) groups excluding carboxylic acids is 2. The molecule has 1 heterocycles. The molecule has 1 fully saturated rings. The molecule has 4 N–H and O–H groups in total. The minimum Gasteiger partial charge on any atom is -0.391 e. The van der Waals surface area contributed by atoms with Gasteiger partial charge in [-0.15, -0.1) is 0 Å². The van der Waals surface area contributed by atoms with Crippen LogP contribution in [0.2, 0.25) is 0 Å². The van der Waals surface area contributed by atoms with E-state index in [4.69, 9.17) is 5.21 Å². The van der Waals surface area contributed by atoms with Crippen LogP contribution in [0.15, 0.2) is 24.3 Å². The summed E-state index contributed by atoms with van der Waals surface area (Å²) in [4.78, 5) is 23.6. The van der Waals surface area contributed by atoms with Gasteiger partial charge in [0.2, 0.25) is 10.0 Å². The first-order valence-electron chi connectivity index (χ1n) is 8.61. The van der Waals surface area contributed by atoms with E-state index in [1.807, 2.05) is 0 Å². The smallest absolute Gasteiger partial charge is 0.268 e. The van der Waals surface area contributed by atoms with Crippen molar-refractivity contribution in [2.24, 2.45) is 5.92 Å². The highest BCUT2D eigenvalue weighted by atomic mass is 32.2. The lowest BCUT2D eigenvalue weighted by Crippen LogP contribution is -2.51. The van der Waals surface area contributed by atoms with Gasteiger partial charge in [-0.2, -0.15) is 4.31 Å². The van der Waals surface area contributed by atoms with E-state index in [1.165, 1.54) is 28.8 Å². The van der Waals surface area contributed by atoms with Crippen LogP contribution in [0.5, 0.6) is 0 Å². The Labute approximate surface area is 169 Å². The molecule has 0 spiro atoms. The maximum atomic E-state index is 12.2. The monoisotopic (exact) mass is 419 g/mol. The van der Waals surface area contributed by atoms with Crippen LogP contribution in [0, 0.1) is 29.6 Å². The second kappa shape index (κ2) is 9.54. The van der Waals surface area contributed by atoms with Crippen molar-refractivity contribution in [3.63, 3.8) is 0 Å². The third-order valence-electron chi connectivity index (χ3n) is 4.17. The molecule has 0 radical (unpaired) electrons. The van der Waals surface area contributed by atoms with Gasteiger partial charge in [0.1, 0.15) is 6.04 Å². The van der Waals surface area contributed by atoms with Crippen molar-refractivity contribution >= 4 is 21.8 Å². The fraction of sp³-hybridized carbons (Fsp3) is 0.368. The molecule has 0 aliphatic carbocycles. The number of amides is 2. The molecule has 2 amide bonds. The Kier molecular flexibility index (Phi) is 7.37. The van der Waals surface area contributed by atoms with E-state index in [0.29, 0.717) is 18.7 Å². The molecule has 0 unspecified atom stereocenters. The molecule has 1 aromatic rings. The van der Waals surface area contributed by atoms with Gasteiger partial charge in [0.05, 0.1) is 12.4 Å². The van der Waals surface area contributed by atoms with Crippen molar-refractivity contribution in [2.75, 3.05) is 19.3 Å². The van der Waals surface area contributed by atoms with E-state index in [0.717, 1.165) is 6.26 Å². The number of hydroxylamine groups is 1. The SMILES string of the molecule is C[C@@H](O)[C@H](NC(=O)c1ccc(C#CC#CC2CN(S(C)(=O)=O)C2)cc1)C(=O)NO. The molecule has 0 saturated carbocycles. The number of nitrogens with one attached hydrogen (secondary N) is 2. The van der Waals surface area contributed by atoms with Gasteiger partial charge in [-0.25, -0.2) is 13.9 Å². The van der Waals surface area contributed by atoms with Gasteiger partial charge in [0.25, 0.3) is 11.8 Å². The van der Waals surface area contributed by atoms with Crippen molar-refractivity contribution in [3.8, 4) is 23.7 Å². The summed E-state index contributed by atoms with van der Waals surface area (Å²) < 4.78 is 23.9. The number of hydrogen-bond acceptors (Lipinski definition) is 6. The number of aliphatic hydroxyl groups excluding tert-OH is 1. The van der Waals surface area contributed by atoms with Crippen molar-refractivity contribution in [1.82, 2.24) is 15.1 Å². The molecule has 9 nitrogen and oxygen atoms in total. The number of carbonyl (C=O) groups is 2. The van der Waals surface area contributed by atoms with Crippen LogP contribution in [-0.2, 0) is 14.8 Å².